The van der Waals surface area contributed by atoms with Crippen molar-refractivity contribution < 1.29 is 9.53 Å². The van der Waals surface area contributed by atoms with E-state index in [2.05, 4.69) is 20.6 Å². The summed E-state index contributed by atoms with van der Waals surface area (Å²) in [5, 5.41) is 18.3. The standard InChI is InChI=1S/C20H18N6O2S/c27-20(28-13-18-21-23-24-26(18)15-8-9-15)16-12-25(11-14-5-2-1-3-6-14)22-19(16)17-7-4-10-29-17/h1-7,10,12,15H,8-9,11,13H2. The Morgan fingerprint density at radius 2 is 2.03 bits per heavy atom. The van der Waals surface area contributed by atoms with Gasteiger partial charge in [0.2, 0.25) is 0 Å². The predicted molar refractivity (Wildman–Crippen MR) is 106 cm³/mol. The summed E-state index contributed by atoms with van der Waals surface area (Å²) in [7, 11) is 0. The molecule has 1 aromatic carbocycles. The number of nitrogens with zero attached hydrogens (tertiary/aromatic N) is 6. The van der Waals surface area contributed by atoms with Crippen molar-refractivity contribution in [1.82, 2.24) is 30.0 Å². The molecule has 1 aliphatic rings. The number of tetrazole rings is 1. The molecule has 9 heteroatoms. The molecule has 5 rings (SSSR count). The summed E-state index contributed by atoms with van der Waals surface area (Å²) in [5.74, 6) is 0.133. The molecule has 3 aromatic heterocycles. The first kappa shape index (κ1) is 17.7. The van der Waals surface area contributed by atoms with Crippen LogP contribution in [-0.2, 0) is 17.9 Å². The minimum absolute atomic E-state index is 0.0378. The molecule has 0 unspecified atom stereocenters. The lowest BCUT2D eigenvalue weighted by atomic mass is 10.2. The van der Waals surface area contributed by atoms with Crippen molar-refractivity contribution in [2.45, 2.75) is 32.0 Å². The van der Waals surface area contributed by atoms with Crippen LogP contribution in [0.25, 0.3) is 10.6 Å². The lowest BCUT2D eigenvalue weighted by Gasteiger charge is -2.04. The molecule has 1 fully saturated rings. The Kier molecular flexibility index (Phi) is 4.65. The average Bonchev–Trinajstić information content (AvgIpc) is 3.15. The Hall–Kier alpha value is -3.33. The van der Waals surface area contributed by atoms with Gasteiger partial charge >= 0.3 is 5.97 Å². The second kappa shape index (κ2) is 7.59. The number of carbonyl (C=O) groups is 1. The van der Waals surface area contributed by atoms with Crippen molar-refractivity contribution in [3.63, 3.8) is 0 Å². The second-order valence-electron chi connectivity index (χ2n) is 6.90. The lowest BCUT2D eigenvalue weighted by Crippen LogP contribution is -2.10. The fraction of sp³-hybridized carbons (Fsp3) is 0.250. The summed E-state index contributed by atoms with van der Waals surface area (Å²) in [5.41, 5.74) is 2.17. The molecule has 0 spiro atoms. The van der Waals surface area contributed by atoms with Gasteiger partial charge in [-0.3, -0.25) is 4.68 Å². The molecular weight excluding hydrogens is 388 g/mol. The van der Waals surface area contributed by atoms with E-state index >= 15 is 0 Å². The van der Waals surface area contributed by atoms with Gasteiger partial charge in [0.05, 0.1) is 17.5 Å². The van der Waals surface area contributed by atoms with E-state index in [0.717, 1.165) is 23.3 Å². The number of rotatable bonds is 7. The number of hydrogen-bond donors (Lipinski definition) is 0. The van der Waals surface area contributed by atoms with Crippen LogP contribution in [0, 0.1) is 0 Å². The zero-order chi connectivity index (χ0) is 19.6. The number of esters is 1. The third kappa shape index (κ3) is 3.81. The third-order valence-corrected chi connectivity index (χ3v) is 5.59. The largest absolute Gasteiger partial charge is 0.454 e. The van der Waals surface area contributed by atoms with E-state index in [-0.39, 0.29) is 6.61 Å². The monoisotopic (exact) mass is 406 g/mol. The minimum Gasteiger partial charge on any atom is -0.454 e. The molecule has 3 heterocycles. The third-order valence-electron chi connectivity index (χ3n) is 4.71. The van der Waals surface area contributed by atoms with Gasteiger partial charge in [0.15, 0.2) is 12.4 Å². The van der Waals surface area contributed by atoms with Crippen molar-refractivity contribution >= 4 is 17.3 Å². The Labute approximate surface area is 170 Å². The van der Waals surface area contributed by atoms with E-state index in [1.807, 2.05) is 47.8 Å². The van der Waals surface area contributed by atoms with E-state index in [4.69, 9.17) is 4.74 Å². The summed E-state index contributed by atoms with van der Waals surface area (Å²) in [6, 6.07) is 14.2. The smallest absolute Gasteiger partial charge is 0.342 e. The molecule has 0 saturated heterocycles. The van der Waals surface area contributed by atoms with Crippen LogP contribution < -0.4 is 0 Å². The fourth-order valence-electron chi connectivity index (χ4n) is 3.14. The Bertz CT molecular complexity index is 1120. The Balaban J connectivity index is 1.38. The number of aromatic nitrogens is 6. The highest BCUT2D eigenvalue weighted by Gasteiger charge is 2.28. The van der Waals surface area contributed by atoms with Crippen molar-refractivity contribution in [3.8, 4) is 10.6 Å². The highest BCUT2D eigenvalue weighted by atomic mass is 32.1. The topological polar surface area (TPSA) is 87.7 Å². The summed E-state index contributed by atoms with van der Waals surface area (Å²) < 4.78 is 9.06. The first-order valence-corrected chi connectivity index (χ1v) is 10.2. The summed E-state index contributed by atoms with van der Waals surface area (Å²) in [6.07, 6.45) is 3.86. The minimum atomic E-state index is -0.432. The highest BCUT2D eigenvalue weighted by molar-refractivity contribution is 7.13. The maximum atomic E-state index is 12.9. The van der Waals surface area contributed by atoms with E-state index < -0.39 is 5.97 Å². The number of hydrogen-bond acceptors (Lipinski definition) is 7. The Morgan fingerprint density at radius 3 is 2.79 bits per heavy atom. The summed E-state index contributed by atoms with van der Waals surface area (Å²) in [6.45, 7) is 0.614. The van der Waals surface area contributed by atoms with E-state index in [0.29, 0.717) is 29.7 Å². The maximum Gasteiger partial charge on any atom is 0.342 e. The molecule has 1 aliphatic carbocycles. The average molecular weight is 406 g/mol. The first-order chi connectivity index (χ1) is 14.3. The van der Waals surface area contributed by atoms with Gasteiger partial charge in [0, 0.05) is 6.20 Å². The van der Waals surface area contributed by atoms with Gasteiger partial charge in [-0.1, -0.05) is 36.4 Å². The number of ether oxygens (including phenoxy) is 1. The van der Waals surface area contributed by atoms with Gasteiger partial charge in [-0.2, -0.15) is 5.10 Å². The van der Waals surface area contributed by atoms with E-state index in [1.165, 1.54) is 11.3 Å². The van der Waals surface area contributed by atoms with Gasteiger partial charge < -0.3 is 4.74 Å². The highest BCUT2D eigenvalue weighted by Crippen LogP contribution is 2.34. The molecule has 4 aromatic rings. The molecule has 1 saturated carbocycles. The van der Waals surface area contributed by atoms with Gasteiger partial charge in [-0.25, -0.2) is 9.48 Å². The quantitative estimate of drug-likeness (QED) is 0.438. The summed E-state index contributed by atoms with van der Waals surface area (Å²) >= 11 is 1.54. The normalized spacial score (nSPS) is 13.5. The van der Waals surface area contributed by atoms with Crippen molar-refractivity contribution in [2.75, 3.05) is 0 Å². The van der Waals surface area contributed by atoms with Crippen LogP contribution in [0.1, 0.15) is 40.6 Å². The molecule has 0 aliphatic heterocycles. The Morgan fingerprint density at radius 1 is 1.17 bits per heavy atom. The number of benzene rings is 1. The first-order valence-electron chi connectivity index (χ1n) is 9.37. The van der Waals surface area contributed by atoms with E-state index in [9.17, 15) is 4.79 Å². The molecule has 0 N–H and O–H groups in total. The van der Waals surface area contributed by atoms with Gasteiger partial charge in [-0.05, 0) is 40.3 Å². The lowest BCUT2D eigenvalue weighted by molar-refractivity contribution is 0.0457. The molecule has 146 valence electrons. The van der Waals surface area contributed by atoms with Crippen LogP contribution in [0.3, 0.4) is 0 Å². The predicted octanol–water partition coefficient (Wildman–Crippen LogP) is 3.34. The van der Waals surface area contributed by atoms with Crippen molar-refractivity contribution in [2.24, 2.45) is 0 Å². The van der Waals surface area contributed by atoms with Crippen LogP contribution in [-0.4, -0.2) is 36.0 Å². The van der Waals surface area contributed by atoms with Gasteiger partial charge in [0.25, 0.3) is 0 Å². The molecule has 29 heavy (non-hydrogen) atoms. The molecule has 0 amide bonds. The number of carbonyl (C=O) groups excluding carboxylic acids is 1. The van der Waals surface area contributed by atoms with Crippen LogP contribution in [0.4, 0.5) is 0 Å². The van der Waals surface area contributed by atoms with Crippen molar-refractivity contribution in [1.29, 1.82) is 0 Å². The molecule has 0 bridgehead atoms. The second-order valence-corrected chi connectivity index (χ2v) is 7.85. The molecule has 8 nitrogen and oxygen atoms in total. The molecule has 0 radical (unpaired) electrons. The van der Waals surface area contributed by atoms with Crippen LogP contribution >= 0.6 is 11.3 Å². The number of thiophene rings is 1. The van der Waals surface area contributed by atoms with E-state index in [1.54, 1.807) is 15.6 Å². The van der Waals surface area contributed by atoms with Gasteiger partial charge in [-0.15, -0.1) is 16.4 Å². The molecular formula is C20H18N6O2S. The fourth-order valence-corrected chi connectivity index (χ4v) is 3.86. The molecule has 0 atom stereocenters. The zero-order valence-electron chi connectivity index (χ0n) is 15.5. The SMILES string of the molecule is O=C(OCc1nnnn1C1CC1)c1cn(Cc2ccccc2)nc1-c1cccs1. The van der Waals surface area contributed by atoms with Crippen LogP contribution in [0.15, 0.2) is 54.0 Å². The van der Waals surface area contributed by atoms with Crippen molar-refractivity contribution in [3.05, 3.63) is 71.0 Å². The zero-order valence-corrected chi connectivity index (χ0v) is 16.3. The van der Waals surface area contributed by atoms with Crippen LogP contribution in [0.2, 0.25) is 0 Å². The maximum absolute atomic E-state index is 12.9. The van der Waals surface area contributed by atoms with Gasteiger partial charge in [0.1, 0.15) is 11.3 Å². The summed E-state index contributed by atoms with van der Waals surface area (Å²) in [4.78, 5) is 13.8. The van der Waals surface area contributed by atoms with Crippen LogP contribution in [0.5, 0.6) is 0 Å².